The summed E-state index contributed by atoms with van der Waals surface area (Å²) < 4.78 is 48.4. The second-order valence-electron chi connectivity index (χ2n) is 8.58. The lowest BCUT2D eigenvalue weighted by Crippen LogP contribution is -2.46. The molecule has 8 nitrogen and oxygen atoms in total. The van der Waals surface area contributed by atoms with E-state index in [0.29, 0.717) is 30.3 Å². The Morgan fingerprint density at radius 3 is 2.43 bits per heavy atom. The minimum atomic E-state index is -4.32. The zero-order valence-corrected chi connectivity index (χ0v) is 19.6. The molecule has 35 heavy (non-hydrogen) atoms. The van der Waals surface area contributed by atoms with Gasteiger partial charge in [-0.15, -0.1) is 0 Å². The summed E-state index contributed by atoms with van der Waals surface area (Å²) in [5.41, 5.74) is 5.36. The number of hydrogen-bond acceptors (Lipinski definition) is 7. The lowest BCUT2D eigenvalue weighted by molar-refractivity contribution is -0.137. The summed E-state index contributed by atoms with van der Waals surface area (Å²) in [5.74, 6) is 1.47. The normalized spacial score (nSPS) is 18.4. The molecule has 2 saturated heterocycles. The van der Waals surface area contributed by atoms with Gasteiger partial charge in [0, 0.05) is 32.1 Å². The van der Waals surface area contributed by atoms with Crippen molar-refractivity contribution in [2.45, 2.75) is 25.3 Å². The van der Waals surface area contributed by atoms with Crippen molar-refractivity contribution in [3.05, 3.63) is 60.4 Å². The highest BCUT2D eigenvalue weighted by Gasteiger charge is 2.30. The van der Waals surface area contributed by atoms with Crippen LogP contribution in [0.25, 0.3) is 0 Å². The summed E-state index contributed by atoms with van der Waals surface area (Å²) in [7, 11) is 2.10. The average Bonchev–Trinajstić information content (AvgIpc) is 3.30. The Morgan fingerprint density at radius 2 is 1.86 bits per heavy atom. The van der Waals surface area contributed by atoms with Crippen LogP contribution in [-0.4, -0.2) is 71.6 Å². The molecule has 1 atom stereocenters. The van der Waals surface area contributed by atoms with Crippen molar-refractivity contribution in [2.75, 3.05) is 45.6 Å². The van der Waals surface area contributed by atoms with Crippen LogP contribution in [0.3, 0.4) is 0 Å². The molecule has 1 unspecified atom stereocenters. The van der Waals surface area contributed by atoms with E-state index in [1.807, 2.05) is 0 Å². The lowest BCUT2D eigenvalue weighted by atomic mass is 10.0. The first kappa shape index (κ1) is 26.4. The summed E-state index contributed by atoms with van der Waals surface area (Å²) >= 11 is 0. The third-order valence-corrected chi connectivity index (χ3v) is 5.67. The maximum Gasteiger partial charge on any atom is 0.416 e. The quantitative estimate of drug-likeness (QED) is 0.593. The smallest absolute Gasteiger partial charge is 0.416 e. The van der Waals surface area contributed by atoms with Crippen molar-refractivity contribution < 1.29 is 27.4 Å². The van der Waals surface area contributed by atoms with Gasteiger partial charge in [0.25, 0.3) is 0 Å². The van der Waals surface area contributed by atoms with Crippen molar-refractivity contribution in [2.24, 2.45) is 5.92 Å². The molecule has 1 aromatic carbocycles. The third kappa shape index (κ3) is 8.22. The molecule has 0 spiro atoms. The largest absolute Gasteiger partial charge is 0.490 e. The first-order chi connectivity index (χ1) is 16.6. The van der Waals surface area contributed by atoms with Crippen LogP contribution in [-0.2, 0) is 22.3 Å². The number of halogens is 3. The molecule has 3 heterocycles. The van der Waals surface area contributed by atoms with E-state index in [4.69, 9.17) is 15.2 Å². The molecule has 0 radical (unpaired) electrons. The Kier molecular flexibility index (Phi) is 9.05. The number of likely N-dealkylation sites (tertiary alicyclic amines) is 2. The Balaban J connectivity index is 0.000000211. The van der Waals surface area contributed by atoms with Gasteiger partial charge >= 0.3 is 6.18 Å². The van der Waals surface area contributed by atoms with Gasteiger partial charge in [0.15, 0.2) is 5.75 Å². The van der Waals surface area contributed by atoms with E-state index in [-0.39, 0.29) is 24.6 Å². The lowest BCUT2D eigenvalue weighted by Gasteiger charge is -2.35. The van der Waals surface area contributed by atoms with Gasteiger partial charge < -0.3 is 25.0 Å². The van der Waals surface area contributed by atoms with E-state index in [9.17, 15) is 18.0 Å². The van der Waals surface area contributed by atoms with Gasteiger partial charge in [0.1, 0.15) is 0 Å². The van der Waals surface area contributed by atoms with Crippen molar-refractivity contribution in [3.8, 4) is 5.75 Å². The van der Waals surface area contributed by atoms with E-state index in [1.165, 1.54) is 18.2 Å². The fourth-order valence-corrected chi connectivity index (χ4v) is 3.75. The van der Waals surface area contributed by atoms with E-state index in [2.05, 4.69) is 28.5 Å². The Hall–Kier alpha value is -3.18. The molecule has 4 rings (SSSR count). The molecular weight excluding hydrogens is 463 g/mol. The SMILES string of the molecule is C=CC(=O)N1CCC(OCc2ccc(C(F)(F)F)cc2)C1.CN1CC(COc2cnc(N)nc2)C1. The molecule has 2 aliphatic rings. The minimum Gasteiger partial charge on any atom is -0.490 e. The number of hydrogen-bond donors (Lipinski definition) is 1. The fourth-order valence-electron chi connectivity index (χ4n) is 3.75. The minimum absolute atomic E-state index is 0.0869. The standard InChI is InChI=1S/C15H16F3NO2.C9H14N4O/c1-2-14(20)19-8-7-13(9-19)21-10-11-3-5-12(6-4-11)15(16,17)18;1-13-4-7(5-13)6-14-8-2-11-9(10)12-3-8/h2-6,13H,1,7-10H2;2-3,7H,4-6H2,1H3,(H2,10,11,12). The molecule has 0 aliphatic carbocycles. The number of anilines is 1. The molecule has 1 amide bonds. The van der Waals surface area contributed by atoms with Crippen LogP contribution < -0.4 is 10.5 Å². The number of nitrogen functional groups attached to an aromatic ring is 1. The Labute approximate surface area is 202 Å². The second-order valence-corrected chi connectivity index (χ2v) is 8.58. The van der Waals surface area contributed by atoms with E-state index in [0.717, 1.165) is 38.2 Å². The van der Waals surface area contributed by atoms with E-state index in [1.54, 1.807) is 17.3 Å². The molecule has 11 heteroatoms. The molecular formula is C24H30F3N5O3. The highest BCUT2D eigenvalue weighted by atomic mass is 19.4. The number of amides is 1. The number of aromatic nitrogens is 2. The third-order valence-electron chi connectivity index (χ3n) is 5.67. The zero-order valence-electron chi connectivity index (χ0n) is 19.6. The Morgan fingerprint density at radius 1 is 1.20 bits per heavy atom. The Bertz CT molecular complexity index is 964. The zero-order chi connectivity index (χ0) is 25.4. The predicted molar refractivity (Wildman–Crippen MR) is 124 cm³/mol. The van der Waals surface area contributed by atoms with Gasteiger partial charge in [-0.05, 0) is 37.2 Å². The topological polar surface area (TPSA) is 93.8 Å². The van der Waals surface area contributed by atoms with Crippen LogP contribution in [0.4, 0.5) is 19.1 Å². The van der Waals surface area contributed by atoms with Gasteiger partial charge in [-0.3, -0.25) is 4.79 Å². The predicted octanol–water partition coefficient (Wildman–Crippen LogP) is 3.01. The van der Waals surface area contributed by atoms with Crippen molar-refractivity contribution >= 4 is 11.9 Å². The molecule has 2 aromatic rings. The summed E-state index contributed by atoms with van der Waals surface area (Å²) in [6, 6.07) is 4.90. The maximum atomic E-state index is 12.4. The molecule has 0 saturated carbocycles. The summed E-state index contributed by atoms with van der Waals surface area (Å²) in [6.45, 7) is 7.72. The number of alkyl halides is 3. The highest BCUT2D eigenvalue weighted by molar-refractivity contribution is 5.87. The van der Waals surface area contributed by atoms with E-state index >= 15 is 0 Å². The van der Waals surface area contributed by atoms with Crippen LogP contribution in [0.2, 0.25) is 0 Å². The van der Waals surface area contributed by atoms with Gasteiger partial charge in [0.05, 0.1) is 37.3 Å². The number of ether oxygens (including phenoxy) is 2. The molecule has 190 valence electrons. The van der Waals surface area contributed by atoms with Crippen molar-refractivity contribution in [3.63, 3.8) is 0 Å². The van der Waals surface area contributed by atoms with Gasteiger partial charge in [-0.2, -0.15) is 13.2 Å². The highest BCUT2D eigenvalue weighted by Crippen LogP contribution is 2.29. The summed E-state index contributed by atoms with van der Waals surface area (Å²) in [6.07, 6.45) is 0.778. The van der Waals surface area contributed by atoms with Gasteiger partial charge in [-0.1, -0.05) is 18.7 Å². The summed E-state index contributed by atoms with van der Waals surface area (Å²) in [5, 5.41) is 0. The first-order valence-corrected chi connectivity index (χ1v) is 11.2. The summed E-state index contributed by atoms with van der Waals surface area (Å²) in [4.78, 5) is 23.0. The van der Waals surface area contributed by atoms with Crippen LogP contribution in [0.15, 0.2) is 49.3 Å². The molecule has 2 N–H and O–H groups in total. The number of carbonyl (C=O) groups excluding carboxylic acids is 1. The van der Waals surface area contributed by atoms with Crippen LogP contribution in [0, 0.1) is 5.92 Å². The molecule has 2 fully saturated rings. The number of carbonyl (C=O) groups is 1. The second kappa shape index (κ2) is 12.0. The van der Waals surface area contributed by atoms with Gasteiger partial charge in [0.2, 0.25) is 11.9 Å². The number of nitrogens with zero attached hydrogens (tertiary/aromatic N) is 4. The number of benzene rings is 1. The number of nitrogens with two attached hydrogens (primary N) is 1. The van der Waals surface area contributed by atoms with Crippen LogP contribution in [0.5, 0.6) is 5.75 Å². The van der Waals surface area contributed by atoms with Crippen LogP contribution >= 0.6 is 0 Å². The van der Waals surface area contributed by atoms with E-state index < -0.39 is 11.7 Å². The van der Waals surface area contributed by atoms with Crippen molar-refractivity contribution in [1.82, 2.24) is 19.8 Å². The van der Waals surface area contributed by atoms with Crippen molar-refractivity contribution in [1.29, 1.82) is 0 Å². The van der Waals surface area contributed by atoms with Gasteiger partial charge in [-0.25, -0.2) is 9.97 Å². The molecule has 0 bridgehead atoms. The average molecular weight is 494 g/mol. The molecule has 2 aliphatic heterocycles. The molecule has 1 aromatic heterocycles. The fraction of sp³-hybridized carbons (Fsp3) is 0.458. The number of rotatable bonds is 7. The first-order valence-electron chi connectivity index (χ1n) is 11.2. The van der Waals surface area contributed by atoms with Crippen LogP contribution in [0.1, 0.15) is 17.5 Å². The maximum absolute atomic E-state index is 12.4. The monoisotopic (exact) mass is 493 g/mol.